The van der Waals surface area contributed by atoms with E-state index in [2.05, 4.69) is 10.6 Å². The molecule has 2 aromatic rings. The fourth-order valence-electron chi connectivity index (χ4n) is 3.81. The minimum absolute atomic E-state index is 0.208. The maximum atomic E-state index is 13.2. The maximum absolute atomic E-state index is 13.2. The minimum atomic E-state index is -3.66. The number of benzene rings is 2. The van der Waals surface area contributed by atoms with Crippen molar-refractivity contribution in [2.75, 3.05) is 25.5 Å². The SMILES string of the molecule is COc1ccc(S(=O)(=O)N2CCCC[C@H]2CCNC(=O)C(=O)Nc2cccc(C)c2)cc1. The molecule has 0 bridgehead atoms. The molecule has 3 rings (SSSR count). The minimum Gasteiger partial charge on any atom is -0.497 e. The molecular formula is C23H29N3O5S. The Hall–Kier alpha value is -2.91. The lowest BCUT2D eigenvalue weighted by atomic mass is 10.0. The number of nitrogens with zero attached hydrogens (tertiary/aromatic N) is 1. The van der Waals surface area contributed by atoms with E-state index in [1.54, 1.807) is 30.3 Å². The van der Waals surface area contributed by atoms with Gasteiger partial charge in [0.1, 0.15) is 5.75 Å². The third-order valence-electron chi connectivity index (χ3n) is 5.48. The quantitative estimate of drug-likeness (QED) is 0.620. The highest BCUT2D eigenvalue weighted by Gasteiger charge is 2.33. The van der Waals surface area contributed by atoms with Crippen molar-refractivity contribution in [3.05, 3.63) is 54.1 Å². The third kappa shape index (κ3) is 5.86. The van der Waals surface area contributed by atoms with Gasteiger partial charge in [0.15, 0.2) is 0 Å². The molecule has 2 N–H and O–H groups in total. The van der Waals surface area contributed by atoms with Gasteiger partial charge < -0.3 is 15.4 Å². The molecule has 2 amide bonds. The van der Waals surface area contributed by atoms with E-state index in [0.29, 0.717) is 30.8 Å². The Morgan fingerprint density at radius 2 is 1.84 bits per heavy atom. The van der Waals surface area contributed by atoms with E-state index in [1.807, 2.05) is 13.0 Å². The molecule has 172 valence electrons. The van der Waals surface area contributed by atoms with E-state index in [-0.39, 0.29) is 17.5 Å². The van der Waals surface area contributed by atoms with Crippen molar-refractivity contribution in [2.24, 2.45) is 0 Å². The molecule has 8 nitrogen and oxygen atoms in total. The number of sulfonamides is 1. The molecule has 1 aliphatic rings. The number of anilines is 1. The average Bonchev–Trinajstić information content (AvgIpc) is 2.79. The normalized spacial score (nSPS) is 16.9. The fourth-order valence-corrected chi connectivity index (χ4v) is 5.53. The molecule has 1 aliphatic heterocycles. The van der Waals surface area contributed by atoms with Crippen LogP contribution in [0.4, 0.5) is 5.69 Å². The number of amides is 2. The van der Waals surface area contributed by atoms with Crippen LogP contribution in [-0.2, 0) is 19.6 Å². The van der Waals surface area contributed by atoms with Crippen molar-refractivity contribution in [2.45, 2.75) is 43.5 Å². The number of hydrogen-bond donors (Lipinski definition) is 2. The summed E-state index contributed by atoms with van der Waals surface area (Å²) in [5.41, 5.74) is 1.52. The van der Waals surface area contributed by atoms with Gasteiger partial charge in [-0.15, -0.1) is 0 Å². The lowest BCUT2D eigenvalue weighted by Gasteiger charge is -2.34. The van der Waals surface area contributed by atoms with Gasteiger partial charge in [-0.25, -0.2) is 8.42 Å². The zero-order valence-electron chi connectivity index (χ0n) is 18.3. The topological polar surface area (TPSA) is 105 Å². The highest BCUT2D eigenvalue weighted by atomic mass is 32.2. The predicted molar refractivity (Wildman–Crippen MR) is 122 cm³/mol. The average molecular weight is 460 g/mol. The Balaban J connectivity index is 1.57. The van der Waals surface area contributed by atoms with E-state index in [0.717, 1.165) is 18.4 Å². The van der Waals surface area contributed by atoms with Crippen LogP contribution in [0.1, 0.15) is 31.2 Å². The molecular weight excluding hydrogens is 430 g/mol. The van der Waals surface area contributed by atoms with E-state index >= 15 is 0 Å². The molecule has 0 aromatic heterocycles. The second-order valence-corrected chi connectivity index (χ2v) is 9.70. The molecule has 1 saturated heterocycles. The number of piperidine rings is 1. The first-order valence-electron chi connectivity index (χ1n) is 10.6. The van der Waals surface area contributed by atoms with Crippen LogP contribution in [-0.4, -0.2) is 50.8 Å². The van der Waals surface area contributed by atoms with Gasteiger partial charge in [-0.2, -0.15) is 4.31 Å². The Morgan fingerprint density at radius 1 is 1.09 bits per heavy atom. The molecule has 1 heterocycles. The molecule has 1 atom stereocenters. The molecule has 0 spiro atoms. The zero-order valence-corrected chi connectivity index (χ0v) is 19.2. The van der Waals surface area contributed by atoms with Gasteiger partial charge >= 0.3 is 11.8 Å². The van der Waals surface area contributed by atoms with Gasteiger partial charge in [-0.05, 0) is 68.1 Å². The summed E-state index contributed by atoms with van der Waals surface area (Å²) in [5, 5.41) is 5.17. The van der Waals surface area contributed by atoms with Crippen LogP contribution in [0, 0.1) is 6.92 Å². The van der Waals surface area contributed by atoms with Crippen LogP contribution < -0.4 is 15.4 Å². The monoisotopic (exact) mass is 459 g/mol. The summed E-state index contributed by atoms with van der Waals surface area (Å²) in [7, 11) is -2.13. The van der Waals surface area contributed by atoms with Crippen molar-refractivity contribution >= 4 is 27.5 Å². The molecule has 0 saturated carbocycles. The highest BCUT2D eigenvalue weighted by molar-refractivity contribution is 7.89. The van der Waals surface area contributed by atoms with Gasteiger partial charge in [0.2, 0.25) is 10.0 Å². The fraction of sp³-hybridized carbons (Fsp3) is 0.391. The van der Waals surface area contributed by atoms with Gasteiger partial charge in [0.05, 0.1) is 12.0 Å². The first-order valence-corrected chi connectivity index (χ1v) is 12.1. The van der Waals surface area contributed by atoms with Crippen LogP contribution in [0.5, 0.6) is 5.75 Å². The van der Waals surface area contributed by atoms with E-state index in [9.17, 15) is 18.0 Å². The van der Waals surface area contributed by atoms with Crippen molar-refractivity contribution < 1.29 is 22.7 Å². The van der Waals surface area contributed by atoms with Crippen LogP contribution in [0.15, 0.2) is 53.4 Å². The predicted octanol–water partition coefficient (Wildman–Crippen LogP) is 2.69. The number of methoxy groups -OCH3 is 1. The van der Waals surface area contributed by atoms with Crippen molar-refractivity contribution in [3.8, 4) is 5.75 Å². The number of nitrogens with one attached hydrogen (secondary N) is 2. The zero-order chi connectivity index (χ0) is 23.1. The maximum Gasteiger partial charge on any atom is 0.313 e. The van der Waals surface area contributed by atoms with Crippen LogP contribution in [0.25, 0.3) is 0 Å². The second kappa shape index (κ2) is 10.6. The summed E-state index contributed by atoms with van der Waals surface area (Å²) in [6.45, 7) is 2.53. The summed E-state index contributed by atoms with van der Waals surface area (Å²) in [4.78, 5) is 24.5. The van der Waals surface area contributed by atoms with Crippen LogP contribution in [0.2, 0.25) is 0 Å². The van der Waals surface area contributed by atoms with Crippen molar-refractivity contribution in [1.82, 2.24) is 9.62 Å². The van der Waals surface area contributed by atoms with E-state index in [4.69, 9.17) is 4.74 Å². The summed E-state index contributed by atoms with van der Waals surface area (Å²) in [5.74, 6) is -0.903. The van der Waals surface area contributed by atoms with Gasteiger partial charge in [-0.1, -0.05) is 18.6 Å². The number of hydrogen-bond acceptors (Lipinski definition) is 5. The summed E-state index contributed by atoms with van der Waals surface area (Å²) >= 11 is 0. The molecule has 2 aromatic carbocycles. The standard InChI is InChI=1S/C23H29N3O5S/c1-17-6-5-7-18(16-17)25-23(28)22(27)24-14-13-19-8-3-4-15-26(19)32(29,30)21-11-9-20(31-2)10-12-21/h5-7,9-12,16,19H,3-4,8,13-15H2,1-2H3,(H,24,27)(H,25,28)/t19-/m0/s1. The van der Waals surface area contributed by atoms with Crippen molar-refractivity contribution in [3.63, 3.8) is 0 Å². The van der Waals surface area contributed by atoms with E-state index < -0.39 is 21.8 Å². The molecule has 0 aliphatic carbocycles. The van der Waals surface area contributed by atoms with E-state index in [1.165, 1.54) is 23.5 Å². The Bertz CT molecular complexity index is 1050. The second-order valence-electron chi connectivity index (χ2n) is 7.81. The lowest BCUT2D eigenvalue weighted by molar-refractivity contribution is -0.136. The number of carbonyl (C=O) groups is 2. The number of rotatable bonds is 7. The largest absolute Gasteiger partial charge is 0.497 e. The first-order chi connectivity index (χ1) is 15.3. The number of carbonyl (C=O) groups excluding carboxylic acids is 2. The number of aryl methyl sites for hydroxylation is 1. The van der Waals surface area contributed by atoms with Gasteiger partial charge in [-0.3, -0.25) is 9.59 Å². The Labute approximate surface area is 189 Å². The summed E-state index contributed by atoms with van der Waals surface area (Å²) in [6.07, 6.45) is 2.85. The molecule has 32 heavy (non-hydrogen) atoms. The smallest absolute Gasteiger partial charge is 0.313 e. The summed E-state index contributed by atoms with van der Waals surface area (Å²) in [6, 6.07) is 13.3. The first kappa shape index (κ1) is 23.7. The number of ether oxygens (including phenoxy) is 1. The highest BCUT2D eigenvalue weighted by Crippen LogP contribution is 2.27. The Kier molecular flexibility index (Phi) is 7.87. The molecule has 1 fully saturated rings. The Morgan fingerprint density at radius 3 is 2.53 bits per heavy atom. The van der Waals surface area contributed by atoms with Crippen molar-refractivity contribution in [1.29, 1.82) is 0 Å². The third-order valence-corrected chi connectivity index (χ3v) is 7.45. The van der Waals surface area contributed by atoms with Crippen LogP contribution in [0.3, 0.4) is 0 Å². The van der Waals surface area contributed by atoms with Gasteiger partial charge in [0, 0.05) is 24.8 Å². The van der Waals surface area contributed by atoms with Crippen LogP contribution >= 0.6 is 0 Å². The molecule has 0 unspecified atom stereocenters. The molecule has 0 radical (unpaired) electrons. The van der Waals surface area contributed by atoms with Gasteiger partial charge in [0.25, 0.3) is 0 Å². The lowest BCUT2D eigenvalue weighted by Crippen LogP contribution is -2.45. The molecule has 9 heteroatoms. The summed E-state index contributed by atoms with van der Waals surface area (Å²) < 4.78 is 33.0.